The molecule has 1 aromatic heterocycles. The lowest BCUT2D eigenvalue weighted by atomic mass is 9.91. The van der Waals surface area contributed by atoms with E-state index in [2.05, 4.69) is 23.0 Å². The zero-order valence-electron chi connectivity index (χ0n) is 9.56. The summed E-state index contributed by atoms with van der Waals surface area (Å²) >= 11 is 5.84. The molecule has 3 heteroatoms. The van der Waals surface area contributed by atoms with Crippen molar-refractivity contribution < 1.29 is 0 Å². The predicted octanol–water partition coefficient (Wildman–Crippen LogP) is 3.08. The largest absolute Gasteiger partial charge is 0.300 e. The van der Waals surface area contributed by atoms with Crippen LogP contribution in [0.3, 0.4) is 0 Å². The fourth-order valence-electron chi connectivity index (χ4n) is 3.42. The van der Waals surface area contributed by atoms with Crippen molar-refractivity contribution in [3.63, 3.8) is 0 Å². The minimum atomic E-state index is 0.595. The van der Waals surface area contributed by atoms with Crippen LogP contribution in [0.15, 0.2) is 18.3 Å². The second kappa shape index (κ2) is 4.01. The number of nitrogens with zero attached hydrogens (tertiary/aromatic N) is 2. The normalized spacial score (nSPS) is 34.2. The summed E-state index contributed by atoms with van der Waals surface area (Å²) in [6, 6.07) is 5.58. The highest BCUT2D eigenvalue weighted by atomic mass is 35.5. The van der Waals surface area contributed by atoms with Crippen LogP contribution in [-0.4, -0.2) is 29.0 Å². The third-order valence-electron chi connectivity index (χ3n) is 4.31. The molecule has 2 bridgehead atoms. The van der Waals surface area contributed by atoms with Gasteiger partial charge in [-0.05, 0) is 37.9 Å². The molecule has 1 aromatic rings. The smallest absolute Gasteiger partial charge is 0.129 e. The Hall–Kier alpha value is -0.600. The Morgan fingerprint density at radius 2 is 2.25 bits per heavy atom. The number of likely N-dealkylation sites (N-methyl/N-ethyl adjacent to an activating group) is 1. The number of hydrogen-bond acceptors (Lipinski definition) is 2. The first-order valence-corrected chi connectivity index (χ1v) is 6.47. The summed E-state index contributed by atoms with van der Waals surface area (Å²) in [5.74, 6) is 0.669. The van der Waals surface area contributed by atoms with Crippen LogP contribution >= 0.6 is 11.6 Å². The number of halogens is 1. The lowest BCUT2D eigenvalue weighted by Crippen LogP contribution is -2.37. The fourth-order valence-corrected chi connectivity index (χ4v) is 3.54. The van der Waals surface area contributed by atoms with Gasteiger partial charge in [0, 0.05) is 24.2 Å². The van der Waals surface area contributed by atoms with E-state index in [0.29, 0.717) is 11.1 Å². The van der Waals surface area contributed by atoms with E-state index >= 15 is 0 Å². The molecule has 3 rings (SSSR count). The minimum absolute atomic E-state index is 0.595. The summed E-state index contributed by atoms with van der Waals surface area (Å²) in [7, 11) is 2.28. The van der Waals surface area contributed by atoms with Gasteiger partial charge in [0.1, 0.15) is 5.15 Å². The van der Waals surface area contributed by atoms with Gasteiger partial charge in [0.2, 0.25) is 0 Å². The summed E-state index contributed by atoms with van der Waals surface area (Å²) in [5, 5.41) is 0.595. The minimum Gasteiger partial charge on any atom is -0.300 e. The van der Waals surface area contributed by atoms with Gasteiger partial charge in [0.05, 0.1) is 0 Å². The molecule has 0 radical (unpaired) electrons. The molecule has 0 aromatic carbocycles. The summed E-state index contributed by atoms with van der Waals surface area (Å²) < 4.78 is 0. The molecular formula is C13H17ClN2. The first-order valence-electron chi connectivity index (χ1n) is 6.09. The number of rotatable bonds is 1. The van der Waals surface area contributed by atoms with Gasteiger partial charge in [0.15, 0.2) is 0 Å². The lowest BCUT2D eigenvalue weighted by molar-refractivity contribution is 0.174. The topological polar surface area (TPSA) is 16.1 Å². The van der Waals surface area contributed by atoms with Crippen LogP contribution in [0.4, 0.5) is 0 Å². The van der Waals surface area contributed by atoms with Crippen molar-refractivity contribution in [3.05, 3.63) is 29.0 Å². The van der Waals surface area contributed by atoms with Crippen molar-refractivity contribution in [2.24, 2.45) is 0 Å². The molecule has 2 fully saturated rings. The van der Waals surface area contributed by atoms with E-state index in [4.69, 9.17) is 11.6 Å². The number of piperidine rings is 1. The molecule has 2 aliphatic rings. The zero-order chi connectivity index (χ0) is 11.1. The van der Waals surface area contributed by atoms with Crippen LogP contribution < -0.4 is 0 Å². The number of fused-ring (bicyclic) bond motifs is 2. The third-order valence-corrected chi connectivity index (χ3v) is 4.53. The zero-order valence-corrected chi connectivity index (χ0v) is 10.3. The van der Waals surface area contributed by atoms with E-state index in [1.54, 1.807) is 0 Å². The van der Waals surface area contributed by atoms with Crippen molar-refractivity contribution in [3.8, 4) is 0 Å². The Balaban J connectivity index is 1.88. The quantitative estimate of drug-likeness (QED) is 0.696. The second-order valence-electron chi connectivity index (χ2n) is 5.07. The highest BCUT2D eigenvalue weighted by molar-refractivity contribution is 6.29. The van der Waals surface area contributed by atoms with Gasteiger partial charge in [0.25, 0.3) is 0 Å². The Kier molecular flexibility index (Phi) is 2.64. The molecule has 0 saturated carbocycles. The summed E-state index contributed by atoms with van der Waals surface area (Å²) in [5.41, 5.74) is 1.37. The Morgan fingerprint density at radius 3 is 2.94 bits per heavy atom. The van der Waals surface area contributed by atoms with Crippen LogP contribution in [0.5, 0.6) is 0 Å². The molecule has 16 heavy (non-hydrogen) atoms. The van der Waals surface area contributed by atoms with Gasteiger partial charge in [-0.1, -0.05) is 24.1 Å². The molecule has 2 nitrogen and oxygen atoms in total. The molecule has 3 heterocycles. The predicted molar refractivity (Wildman–Crippen MR) is 65.8 cm³/mol. The summed E-state index contributed by atoms with van der Waals surface area (Å²) in [6.45, 7) is 0. The molecular weight excluding hydrogens is 219 g/mol. The first-order chi connectivity index (χ1) is 7.75. The maximum absolute atomic E-state index is 5.84. The van der Waals surface area contributed by atoms with Gasteiger partial charge in [-0.15, -0.1) is 0 Å². The molecule has 86 valence electrons. The average molecular weight is 236 g/mol. The Morgan fingerprint density at radius 1 is 1.38 bits per heavy atom. The molecule has 0 aliphatic carbocycles. The van der Waals surface area contributed by atoms with E-state index in [1.807, 2.05) is 12.3 Å². The molecule has 3 unspecified atom stereocenters. The monoisotopic (exact) mass is 235 g/mol. The standard InChI is InChI=1S/C13H17ClN2/c1-16-10-3-2-4-12(16)11(7-10)9-5-6-13(14)15-8-9/h5-6,8,10-12H,2-4,7H2,1H3/i1-1. The van der Waals surface area contributed by atoms with Gasteiger partial charge >= 0.3 is 0 Å². The van der Waals surface area contributed by atoms with Gasteiger partial charge in [-0.3, -0.25) is 4.90 Å². The van der Waals surface area contributed by atoms with Crippen LogP contribution in [0.25, 0.3) is 0 Å². The van der Waals surface area contributed by atoms with E-state index in [0.717, 1.165) is 12.1 Å². The number of pyridine rings is 1. The highest BCUT2D eigenvalue weighted by Gasteiger charge is 2.41. The third kappa shape index (κ3) is 1.64. The Labute approximate surface area is 102 Å². The number of hydrogen-bond donors (Lipinski definition) is 0. The molecule has 0 spiro atoms. The van der Waals surface area contributed by atoms with Crippen molar-refractivity contribution in [1.29, 1.82) is 0 Å². The van der Waals surface area contributed by atoms with Crippen LogP contribution in [0.1, 0.15) is 37.2 Å². The summed E-state index contributed by atoms with van der Waals surface area (Å²) in [4.78, 5) is 6.78. The van der Waals surface area contributed by atoms with Crippen molar-refractivity contribution in [2.75, 3.05) is 7.05 Å². The highest BCUT2D eigenvalue weighted by Crippen LogP contribution is 2.43. The Bertz CT molecular complexity index is 376. The van der Waals surface area contributed by atoms with E-state index in [1.165, 1.54) is 31.2 Å². The van der Waals surface area contributed by atoms with E-state index in [9.17, 15) is 0 Å². The van der Waals surface area contributed by atoms with Crippen LogP contribution in [0, 0.1) is 0 Å². The maximum atomic E-state index is 5.84. The second-order valence-corrected chi connectivity index (χ2v) is 5.46. The molecule has 2 saturated heterocycles. The van der Waals surface area contributed by atoms with Crippen molar-refractivity contribution in [1.82, 2.24) is 9.88 Å². The van der Waals surface area contributed by atoms with Crippen molar-refractivity contribution >= 4 is 11.6 Å². The lowest BCUT2D eigenvalue weighted by Gasteiger charge is -2.32. The van der Waals surface area contributed by atoms with Gasteiger partial charge in [-0.25, -0.2) is 4.98 Å². The molecule has 0 amide bonds. The first kappa shape index (κ1) is 10.5. The van der Waals surface area contributed by atoms with Crippen molar-refractivity contribution in [2.45, 2.75) is 43.7 Å². The molecule has 2 aliphatic heterocycles. The fraction of sp³-hybridized carbons (Fsp3) is 0.615. The van der Waals surface area contributed by atoms with Gasteiger partial charge in [-0.2, -0.15) is 0 Å². The van der Waals surface area contributed by atoms with Crippen LogP contribution in [-0.2, 0) is 0 Å². The van der Waals surface area contributed by atoms with Crippen LogP contribution in [0.2, 0.25) is 5.15 Å². The average Bonchev–Trinajstić information content (AvgIpc) is 2.51. The molecule has 0 N–H and O–H groups in total. The van der Waals surface area contributed by atoms with E-state index < -0.39 is 0 Å². The molecule has 3 atom stereocenters. The van der Waals surface area contributed by atoms with E-state index in [-0.39, 0.29) is 0 Å². The SMILES string of the molecule is [11CH3]N1C2CCCC1C(c1ccc(Cl)nc1)C2. The number of aromatic nitrogens is 1. The maximum Gasteiger partial charge on any atom is 0.129 e. The summed E-state index contributed by atoms with van der Waals surface area (Å²) in [6.07, 6.45) is 7.34. The van der Waals surface area contributed by atoms with Gasteiger partial charge < -0.3 is 0 Å².